The predicted octanol–water partition coefficient (Wildman–Crippen LogP) is 3.88. The van der Waals surface area contributed by atoms with E-state index in [1.54, 1.807) is 6.20 Å². The number of likely N-dealkylation sites (tertiary alicyclic amines) is 1. The summed E-state index contributed by atoms with van der Waals surface area (Å²) in [4.78, 5) is 10.8. The lowest BCUT2D eigenvalue weighted by atomic mass is 9.75. The molecule has 1 aliphatic carbocycles. The summed E-state index contributed by atoms with van der Waals surface area (Å²) in [6.45, 7) is 2.16. The molecule has 1 aromatic carbocycles. The Morgan fingerprint density at radius 3 is 2.79 bits per heavy atom. The number of hydrogen-bond acceptors (Lipinski definition) is 4. The van der Waals surface area contributed by atoms with Crippen LogP contribution in [0.4, 0.5) is 5.95 Å². The van der Waals surface area contributed by atoms with Crippen molar-refractivity contribution in [2.24, 2.45) is 0 Å². The quantitative estimate of drug-likeness (QED) is 0.782. The van der Waals surface area contributed by atoms with Crippen LogP contribution in [0.5, 0.6) is 0 Å². The zero-order valence-corrected chi connectivity index (χ0v) is 15.7. The number of rotatable bonds is 1. The van der Waals surface area contributed by atoms with Crippen LogP contribution in [0.2, 0.25) is 5.02 Å². The first-order chi connectivity index (χ1) is 11.5. The lowest BCUT2D eigenvalue weighted by Crippen LogP contribution is -2.38. The van der Waals surface area contributed by atoms with Crippen molar-refractivity contribution < 1.29 is 0 Å². The molecule has 6 heteroatoms. The monoisotopic (exact) mass is 404 g/mol. The van der Waals surface area contributed by atoms with Crippen molar-refractivity contribution in [2.45, 2.75) is 18.3 Å². The molecule has 0 radical (unpaired) electrons. The van der Waals surface area contributed by atoms with Gasteiger partial charge in [0.15, 0.2) is 0 Å². The summed E-state index contributed by atoms with van der Waals surface area (Å²) in [5.74, 6) is 0.246. The molecule has 2 N–H and O–H groups in total. The average molecular weight is 406 g/mol. The van der Waals surface area contributed by atoms with E-state index < -0.39 is 0 Å². The van der Waals surface area contributed by atoms with Crippen LogP contribution in [0.25, 0.3) is 5.57 Å². The molecular weight excluding hydrogens is 388 g/mol. The first kappa shape index (κ1) is 16.1. The highest BCUT2D eigenvalue weighted by Gasteiger charge is 2.41. The summed E-state index contributed by atoms with van der Waals surface area (Å²) in [5.41, 5.74) is 10.2. The van der Waals surface area contributed by atoms with E-state index in [9.17, 15) is 0 Å². The summed E-state index contributed by atoms with van der Waals surface area (Å²) in [6, 6.07) is 6.50. The van der Waals surface area contributed by atoms with E-state index >= 15 is 0 Å². The number of hydrogen-bond donors (Lipinski definition) is 1. The van der Waals surface area contributed by atoms with Gasteiger partial charge in [0, 0.05) is 15.5 Å². The van der Waals surface area contributed by atoms with Crippen molar-refractivity contribution in [1.82, 2.24) is 14.9 Å². The van der Waals surface area contributed by atoms with Crippen molar-refractivity contribution in [3.63, 3.8) is 0 Å². The van der Waals surface area contributed by atoms with Gasteiger partial charge in [0.2, 0.25) is 5.95 Å². The first-order valence-corrected chi connectivity index (χ1v) is 9.16. The van der Waals surface area contributed by atoms with E-state index in [4.69, 9.17) is 17.3 Å². The van der Waals surface area contributed by atoms with Crippen LogP contribution in [0.3, 0.4) is 0 Å². The van der Waals surface area contributed by atoms with E-state index in [1.807, 2.05) is 0 Å². The van der Waals surface area contributed by atoms with Crippen LogP contribution < -0.4 is 5.73 Å². The second-order valence-electron chi connectivity index (χ2n) is 6.63. The van der Waals surface area contributed by atoms with Gasteiger partial charge in [-0.1, -0.05) is 39.7 Å². The highest BCUT2D eigenvalue weighted by molar-refractivity contribution is 9.10. The van der Waals surface area contributed by atoms with Crippen molar-refractivity contribution in [3.05, 3.63) is 56.8 Å². The van der Waals surface area contributed by atoms with Crippen LogP contribution in [0.15, 0.2) is 34.9 Å². The largest absolute Gasteiger partial charge is 0.368 e. The molecule has 1 spiro atoms. The van der Waals surface area contributed by atoms with Gasteiger partial charge in [-0.2, -0.15) is 0 Å². The number of nitrogens with two attached hydrogens (primary N) is 1. The van der Waals surface area contributed by atoms with Gasteiger partial charge >= 0.3 is 0 Å². The van der Waals surface area contributed by atoms with Crippen molar-refractivity contribution >= 4 is 39.1 Å². The lowest BCUT2D eigenvalue weighted by Gasteiger charge is -2.37. The summed E-state index contributed by atoms with van der Waals surface area (Å²) in [5, 5.41) is 0.534. The second kappa shape index (κ2) is 5.83. The molecule has 2 aromatic rings. The molecule has 1 aromatic heterocycles. The molecule has 0 saturated carbocycles. The normalized spacial score (nSPS) is 19.4. The smallest absolute Gasteiger partial charge is 0.220 e. The number of aromatic nitrogens is 2. The van der Waals surface area contributed by atoms with Gasteiger partial charge in [0.1, 0.15) is 0 Å². The van der Waals surface area contributed by atoms with Crippen LogP contribution in [-0.4, -0.2) is 35.0 Å². The Morgan fingerprint density at radius 1 is 1.29 bits per heavy atom. The van der Waals surface area contributed by atoms with E-state index in [2.05, 4.69) is 62.1 Å². The molecule has 0 bridgehead atoms. The van der Waals surface area contributed by atoms with Gasteiger partial charge in [-0.3, -0.25) is 0 Å². The molecule has 1 saturated heterocycles. The molecule has 0 atom stereocenters. The minimum absolute atomic E-state index is 0.0565. The zero-order valence-electron chi connectivity index (χ0n) is 13.4. The number of anilines is 1. The van der Waals surface area contributed by atoms with Crippen LogP contribution >= 0.6 is 27.5 Å². The summed E-state index contributed by atoms with van der Waals surface area (Å²) in [6.07, 6.45) is 6.13. The van der Waals surface area contributed by atoms with E-state index in [0.29, 0.717) is 5.02 Å². The molecule has 0 amide bonds. The fraction of sp³-hybridized carbons (Fsp3) is 0.333. The predicted molar refractivity (Wildman–Crippen MR) is 101 cm³/mol. The van der Waals surface area contributed by atoms with Crippen molar-refractivity contribution in [2.75, 3.05) is 25.9 Å². The Morgan fingerprint density at radius 2 is 2.04 bits per heavy atom. The highest BCUT2D eigenvalue weighted by atomic mass is 79.9. The fourth-order valence-electron chi connectivity index (χ4n) is 3.80. The minimum Gasteiger partial charge on any atom is -0.368 e. The maximum absolute atomic E-state index is 6.39. The maximum Gasteiger partial charge on any atom is 0.220 e. The number of allylic oxidation sites excluding steroid dienone is 1. The average Bonchev–Trinajstić information content (AvgIpc) is 2.86. The highest BCUT2D eigenvalue weighted by Crippen LogP contribution is 2.49. The third-order valence-electron chi connectivity index (χ3n) is 5.13. The molecule has 124 valence electrons. The van der Waals surface area contributed by atoms with Gasteiger partial charge in [-0.05, 0) is 56.2 Å². The number of piperidine rings is 1. The minimum atomic E-state index is 0.0565. The summed E-state index contributed by atoms with van der Waals surface area (Å²) >= 11 is 9.99. The lowest BCUT2D eigenvalue weighted by molar-refractivity contribution is 0.219. The van der Waals surface area contributed by atoms with Crippen LogP contribution in [-0.2, 0) is 5.41 Å². The van der Waals surface area contributed by atoms with Gasteiger partial charge in [-0.25, -0.2) is 9.97 Å². The number of nitrogen functional groups attached to an aromatic ring is 1. The van der Waals surface area contributed by atoms with E-state index in [0.717, 1.165) is 41.7 Å². The molecule has 4 nitrogen and oxygen atoms in total. The maximum atomic E-state index is 6.39. The Balaban J connectivity index is 1.91. The van der Waals surface area contributed by atoms with Gasteiger partial charge in [-0.15, -0.1) is 0 Å². The third-order valence-corrected chi connectivity index (χ3v) is 5.90. The van der Waals surface area contributed by atoms with Crippen molar-refractivity contribution in [3.8, 4) is 0 Å². The fourth-order valence-corrected chi connectivity index (χ4v) is 4.36. The second-order valence-corrected chi connectivity index (χ2v) is 7.95. The molecular formula is C18H18BrClN4. The standard InChI is InChI=1S/C18H18BrClN4/c1-24-6-4-18(5-7-24)9-13(12-8-11(19)2-3-14(12)18)16-15(20)10-22-17(21)23-16/h2-3,8-10H,4-7H2,1H3,(H2,21,22,23). The topological polar surface area (TPSA) is 55.0 Å². The number of nitrogens with zero attached hydrogens (tertiary/aromatic N) is 3. The summed E-state index contributed by atoms with van der Waals surface area (Å²) < 4.78 is 1.05. The number of benzene rings is 1. The van der Waals surface area contributed by atoms with Gasteiger partial charge in [0.05, 0.1) is 16.9 Å². The summed E-state index contributed by atoms with van der Waals surface area (Å²) in [7, 11) is 2.18. The molecule has 4 rings (SSSR count). The zero-order chi connectivity index (χ0) is 16.9. The van der Waals surface area contributed by atoms with Gasteiger partial charge < -0.3 is 10.6 Å². The molecule has 24 heavy (non-hydrogen) atoms. The SMILES string of the molecule is CN1CCC2(C=C(c3nc(N)ncc3Cl)c3cc(Br)ccc32)CC1. The molecule has 1 aliphatic heterocycles. The Kier molecular flexibility index (Phi) is 3.90. The van der Waals surface area contributed by atoms with Crippen LogP contribution in [0.1, 0.15) is 29.7 Å². The number of halogens is 2. The Hall–Kier alpha value is -1.43. The molecule has 2 heterocycles. The van der Waals surface area contributed by atoms with E-state index in [-0.39, 0.29) is 11.4 Å². The Labute approximate surface area is 154 Å². The van der Waals surface area contributed by atoms with Crippen molar-refractivity contribution in [1.29, 1.82) is 0 Å². The van der Waals surface area contributed by atoms with Gasteiger partial charge in [0.25, 0.3) is 0 Å². The van der Waals surface area contributed by atoms with E-state index in [1.165, 1.54) is 11.1 Å². The van der Waals surface area contributed by atoms with Crippen LogP contribution in [0, 0.1) is 0 Å². The number of fused-ring (bicyclic) bond motifs is 2. The Bertz CT molecular complexity index is 841. The molecule has 2 aliphatic rings. The molecule has 1 fully saturated rings. The molecule has 0 unspecified atom stereocenters. The third kappa shape index (κ3) is 2.55. The first-order valence-electron chi connectivity index (χ1n) is 7.99.